The molecule has 160 valence electrons. The molecule has 0 atom stereocenters. The van der Waals surface area contributed by atoms with Gasteiger partial charge in [-0.1, -0.05) is 48.5 Å². The lowest BCUT2D eigenvalue weighted by atomic mass is 10.1. The van der Waals surface area contributed by atoms with E-state index in [1.807, 2.05) is 72.8 Å². The molecule has 0 saturated heterocycles. The fourth-order valence-electron chi connectivity index (χ4n) is 3.21. The number of benzene rings is 4. The van der Waals surface area contributed by atoms with Gasteiger partial charge in [-0.2, -0.15) is 0 Å². The summed E-state index contributed by atoms with van der Waals surface area (Å²) in [4.78, 5) is 12.2. The van der Waals surface area contributed by atoms with E-state index in [0.717, 1.165) is 33.8 Å². The molecule has 0 bridgehead atoms. The predicted octanol–water partition coefficient (Wildman–Crippen LogP) is 6.62. The lowest BCUT2D eigenvalue weighted by Crippen LogP contribution is -2.13. The summed E-state index contributed by atoms with van der Waals surface area (Å²) in [5, 5.41) is 0. The highest BCUT2D eigenvalue weighted by molar-refractivity contribution is 5.70. The first-order valence-corrected chi connectivity index (χ1v) is 10.0. The molecule has 0 amide bonds. The summed E-state index contributed by atoms with van der Waals surface area (Å²) in [6.45, 7) is 0. The van der Waals surface area contributed by atoms with Crippen molar-refractivity contribution in [3.8, 4) is 45.3 Å². The van der Waals surface area contributed by atoms with Gasteiger partial charge < -0.3 is 18.9 Å². The van der Waals surface area contributed by atoms with Crippen LogP contribution >= 0.6 is 0 Å². The molecule has 5 heteroatoms. The van der Waals surface area contributed by atoms with Crippen LogP contribution in [0.1, 0.15) is 0 Å². The zero-order chi connectivity index (χ0) is 22.3. The first-order chi connectivity index (χ1) is 15.6. The second kappa shape index (κ2) is 9.71. The summed E-state index contributed by atoms with van der Waals surface area (Å²) in [6, 6.07) is 29.9. The maximum Gasteiger partial charge on any atom is 0.519 e. The van der Waals surface area contributed by atoms with Crippen molar-refractivity contribution >= 4 is 6.16 Å². The molecule has 0 aliphatic carbocycles. The van der Waals surface area contributed by atoms with E-state index in [9.17, 15) is 4.79 Å². The SMILES string of the molecule is COc1ccc(-c2ccc(OC(=O)Oc3ccc(-c4ccc(OC)cc4)cc3)cc2)cc1. The standard InChI is InChI=1S/C27H22O5/c1-29-23-11-3-19(4-12-23)21-7-15-25(16-8-21)31-27(28)32-26-17-9-22(10-18-26)20-5-13-24(30-2)14-6-20/h3-18H,1-2H3. The third kappa shape index (κ3) is 5.08. The molecule has 32 heavy (non-hydrogen) atoms. The molecular weight excluding hydrogens is 404 g/mol. The predicted molar refractivity (Wildman–Crippen MR) is 124 cm³/mol. The van der Waals surface area contributed by atoms with Crippen molar-refractivity contribution in [3.63, 3.8) is 0 Å². The van der Waals surface area contributed by atoms with Gasteiger partial charge >= 0.3 is 6.16 Å². The third-order valence-corrected chi connectivity index (χ3v) is 4.96. The van der Waals surface area contributed by atoms with Gasteiger partial charge in [0.05, 0.1) is 14.2 Å². The van der Waals surface area contributed by atoms with Crippen molar-refractivity contribution < 1.29 is 23.7 Å². The topological polar surface area (TPSA) is 54.0 Å². The quantitative estimate of drug-likeness (QED) is 0.256. The van der Waals surface area contributed by atoms with Gasteiger partial charge in [-0.15, -0.1) is 0 Å². The fourth-order valence-corrected chi connectivity index (χ4v) is 3.21. The molecule has 5 nitrogen and oxygen atoms in total. The van der Waals surface area contributed by atoms with E-state index in [2.05, 4.69) is 0 Å². The Kier molecular flexibility index (Phi) is 6.37. The van der Waals surface area contributed by atoms with Crippen LogP contribution in [-0.2, 0) is 0 Å². The highest BCUT2D eigenvalue weighted by Crippen LogP contribution is 2.26. The van der Waals surface area contributed by atoms with E-state index >= 15 is 0 Å². The second-order valence-electron chi connectivity index (χ2n) is 6.96. The van der Waals surface area contributed by atoms with Crippen molar-refractivity contribution in [2.75, 3.05) is 14.2 Å². The number of methoxy groups -OCH3 is 2. The number of rotatable bonds is 6. The minimum Gasteiger partial charge on any atom is -0.497 e. The highest BCUT2D eigenvalue weighted by atomic mass is 16.7. The van der Waals surface area contributed by atoms with Gasteiger partial charge in [-0.3, -0.25) is 0 Å². The number of ether oxygens (including phenoxy) is 4. The van der Waals surface area contributed by atoms with Gasteiger partial charge in [0.25, 0.3) is 0 Å². The Hall–Kier alpha value is -4.25. The molecule has 4 rings (SSSR count). The van der Waals surface area contributed by atoms with Crippen LogP contribution < -0.4 is 18.9 Å². The molecule has 0 aromatic heterocycles. The van der Waals surface area contributed by atoms with Crippen LogP contribution in [0.3, 0.4) is 0 Å². The Bertz CT molecular complexity index is 1070. The first kappa shape index (κ1) is 21.0. The lowest BCUT2D eigenvalue weighted by Gasteiger charge is -2.08. The fraction of sp³-hybridized carbons (Fsp3) is 0.0741. The highest BCUT2D eigenvalue weighted by Gasteiger charge is 2.09. The summed E-state index contributed by atoms with van der Waals surface area (Å²) in [5.74, 6) is 2.41. The third-order valence-electron chi connectivity index (χ3n) is 4.96. The average Bonchev–Trinajstić information content (AvgIpc) is 2.85. The summed E-state index contributed by atoms with van der Waals surface area (Å²) in [5.41, 5.74) is 4.08. The molecule has 0 aliphatic rings. The Balaban J connectivity index is 1.35. The minimum absolute atomic E-state index is 0.405. The normalized spacial score (nSPS) is 10.3. The van der Waals surface area contributed by atoms with Crippen LogP contribution in [0.2, 0.25) is 0 Å². The van der Waals surface area contributed by atoms with Gasteiger partial charge in [0.1, 0.15) is 23.0 Å². The van der Waals surface area contributed by atoms with Crippen molar-refractivity contribution in [3.05, 3.63) is 97.1 Å². The van der Waals surface area contributed by atoms with Crippen LogP contribution in [0.15, 0.2) is 97.1 Å². The molecule has 0 radical (unpaired) electrons. The minimum atomic E-state index is -0.792. The summed E-state index contributed by atoms with van der Waals surface area (Å²) in [7, 11) is 3.27. The first-order valence-electron chi connectivity index (χ1n) is 10.0. The van der Waals surface area contributed by atoms with Crippen molar-refractivity contribution in [1.82, 2.24) is 0 Å². The zero-order valence-corrected chi connectivity index (χ0v) is 17.8. The van der Waals surface area contributed by atoms with Gasteiger partial charge in [0.2, 0.25) is 0 Å². The van der Waals surface area contributed by atoms with E-state index in [0.29, 0.717) is 11.5 Å². The Morgan fingerprint density at radius 3 is 0.938 bits per heavy atom. The smallest absolute Gasteiger partial charge is 0.497 e. The Morgan fingerprint density at radius 1 is 0.438 bits per heavy atom. The molecule has 0 saturated carbocycles. The van der Waals surface area contributed by atoms with Crippen molar-refractivity contribution in [2.24, 2.45) is 0 Å². The van der Waals surface area contributed by atoms with Crippen LogP contribution in [0.25, 0.3) is 22.3 Å². The molecular formula is C27H22O5. The van der Waals surface area contributed by atoms with Gasteiger partial charge in [-0.05, 0) is 70.8 Å². The average molecular weight is 426 g/mol. The number of hydrogen-bond acceptors (Lipinski definition) is 5. The number of hydrogen-bond donors (Lipinski definition) is 0. The van der Waals surface area contributed by atoms with E-state index in [1.54, 1.807) is 38.5 Å². The van der Waals surface area contributed by atoms with E-state index in [1.165, 1.54) is 0 Å². The molecule has 0 spiro atoms. The molecule has 0 N–H and O–H groups in total. The Morgan fingerprint density at radius 2 is 0.688 bits per heavy atom. The van der Waals surface area contributed by atoms with Gasteiger partial charge in [0.15, 0.2) is 0 Å². The van der Waals surface area contributed by atoms with Crippen LogP contribution in [0.4, 0.5) is 4.79 Å². The summed E-state index contributed by atoms with van der Waals surface area (Å²) >= 11 is 0. The maximum absolute atomic E-state index is 12.2. The molecule has 4 aromatic carbocycles. The molecule has 0 fully saturated rings. The monoisotopic (exact) mass is 426 g/mol. The van der Waals surface area contributed by atoms with Crippen LogP contribution in [-0.4, -0.2) is 20.4 Å². The van der Waals surface area contributed by atoms with E-state index in [-0.39, 0.29) is 0 Å². The second-order valence-corrected chi connectivity index (χ2v) is 6.96. The Labute approximate surface area is 186 Å². The number of carbonyl (C=O) groups excluding carboxylic acids is 1. The molecule has 0 heterocycles. The van der Waals surface area contributed by atoms with Crippen LogP contribution in [0, 0.1) is 0 Å². The van der Waals surface area contributed by atoms with Gasteiger partial charge in [-0.25, -0.2) is 4.79 Å². The molecule has 4 aromatic rings. The summed E-state index contributed by atoms with van der Waals surface area (Å²) in [6.07, 6.45) is -0.792. The van der Waals surface area contributed by atoms with Crippen LogP contribution in [0.5, 0.6) is 23.0 Å². The van der Waals surface area contributed by atoms with Crippen molar-refractivity contribution in [2.45, 2.75) is 0 Å². The van der Waals surface area contributed by atoms with Gasteiger partial charge in [0, 0.05) is 0 Å². The number of carbonyl (C=O) groups is 1. The van der Waals surface area contributed by atoms with E-state index in [4.69, 9.17) is 18.9 Å². The lowest BCUT2D eigenvalue weighted by molar-refractivity contribution is 0.152. The molecule has 0 unspecified atom stereocenters. The maximum atomic E-state index is 12.2. The van der Waals surface area contributed by atoms with E-state index < -0.39 is 6.16 Å². The molecule has 0 aliphatic heterocycles. The summed E-state index contributed by atoms with van der Waals surface area (Å²) < 4.78 is 20.9. The van der Waals surface area contributed by atoms with Crippen molar-refractivity contribution in [1.29, 1.82) is 0 Å². The zero-order valence-electron chi connectivity index (χ0n) is 17.8. The largest absolute Gasteiger partial charge is 0.519 e.